The van der Waals surface area contributed by atoms with Crippen molar-refractivity contribution < 1.29 is 19.1 Å². The summed E-state index contributed by atoms with van der Waals surface area (Å²) in [6.07, 6.45) is 1.65. The smallest absolute Gasteiger partial charge is 0.290 e. The van der Waals surface area contributed by atoms with Crippen molar-refractivity contribution >= 4 is 45.6 Å². The summed E-state index contributed by atoms with van der Waals surface area (Å²) >= 11 is 0.857. The second-order valence-corrected chi connectivity index (χ2v) is 9.48. The van der Waals surface area contributed by atoms with E-state index < -0.39 is 11.1 Å². The fraction of sp³-hybridized carbons (Fsp3) is 0.280. The first-order valence-corrected chi connectivity index (χ1v) is 12.1. The Morgan fingerprint density at radius 2 is 1.91 bits per heavy atom. The largest absolute Gasteiger partial charge is 0.395 e. The van der Waals surface area contributed by atoms with Gasteiger partial charge < -0.3 is 10.0 Å². The van der Waals surface area contributed by atoms with E-state index in [0.29, 0.717) is 52.8 Å². The number of fused-ring (bicyclic) bond motifs is 1. The van der Waals surface area contributed by atoms with Gasteiger partial charge in [0.1, 0.15) is 11.6 Å². The number of halogens is 1. The Bertz CT molecular complexity index is 1350. The van der Waals surface area contributed by atoms with E-state index in [4.69, 9.17) is 5.11 Å². The molecule has 0 spiro atoms. The van der Waals surface area contributed by atoms with E-state index in [9.17, 15) is 9.59 Å². The third-order valence-electron chi connectivity index (χ3n) is 6.12. The number of aliphatic hydroxyl groups excluding tert-OH is 1. The lowest BCUT2D eigenvalue weighted by Gasteiger charge is -2.36. The molecule has 8 nitrogen and oxygen atoms in total. The summed E-state index contributed by atoms with van der Waals surface area (Å²) in [5.74, 6) is -0.173. The molecule has 1 aromatic heterocycles. The average Bonchev–Trinajstić information content (AvgIpc) is 3.15. The molecule has 0 aliphatic carbocycles. The molecule has 2 N–H and O–H groups in total. The van der Waals surface area contributed by atoms with Crippen LogP contribution in [0, 0.1) is 12.7 Å². The molecule has 2 aromatic carbocycles. The second-order valence-electron chi connectivity index (χ2n) is 8.47. The summed E-state index contributed by atoms with van der Waals surface area (Å²) in [5, 5.41) is 11.7. The summed E-state index contributed by atoms with van der Waals surface area (Å²) in [4.78, 5) is 37.0. The number of hydrogen-bond donors (Lipinski definition) is 2. The average molecular weight is 494 g/mol. The van der Waals surface area contributed by atoms with Crippen LogP contribution in [-0.2, 0) is 4.79 Å². The van der Waals surface area contributed by atoms with Crippen LogP contribution in [0.1, 0.15) is 11.4 Å². The monoisotopic (exact) mass is 493 g/mol. The number of imide groups is 1. The summed E-state index contributed by atoms with van der Waals surface area (Å²) in [6.45, 7) is 5.48. The number of anilines is 1. The number of thioether (sulfide) groups is 1. The van der Waals surface area contributed by atoms with E-state index in [1.807, 2.05) is 29.2 Å². The minimum absolute atomic E-state index is 0.123. The van der Waals surface area contributed by atoms with Gasteiger partial charge in [-0.1, -0.05) is 12.1 Å². The molecule has 0 atom stereocenters. The van der Waals surface area contributed by atoms with Crippen molar-refractivity contribution in [2.75, 3.05) is 44.2 Å². The second kappa shape index (κ2) is 9.73. The fourth-order valence-electron chi connectivity index (χ4n) is 4.41. The Morgan fingerprint density at radius 1 is 1.11 bits per heavy atom. The Hall–Kier alpha value is -3.34. The normalized spacial score (nSPS) is 18.0. The van der Waals surface area contributed by atoms with Crippen LogP contribution < -0.4 is 10.2 Å². The number of carbonyl (C=O) groups excluding carboxylic acids is 2. The van der Waals surface area contributed by atoms with Crippen LogP contribution in [0.15, 0.2) is 41.3 Å². The third kappa shape index (κ3) is 4.90. The van der Waals surface area contributed by atoms with Crippen LogP contribution >= 0.6 is 11.8 Å². The summed E-state index contributed by atoms with van der Waals surface area (Å²) in [6, 6.07) is 10.6. The Kier molecular flexibility index (Phi) is 6.50. The van der Waals surface area contributed by atoms with Crippen molar-refractivity contribution in [3.05, 3.63) is 58.5 Å². The first kappa shape index (κ1) is 23.4. The Labute approximate surface area is 205 Å². The van der Waals surface area contributed by atoms with E-state index in [1.54, 1.807) is 19.1 Å². The molecule has 3 aromatic rings. The molecule has 0 radical (unpaired) electrons. The number of piperazine rings is 1. The van der Waals surface area contributed by atoms with Crippen LogP contribution in [0.2, 0.25) is 0 Å². The van der Waals surface area contributed by atoms with Crippen molar-refractivity contribution in [2.45, 2.75) is 6.92 Å². The molecule has 2 fully saturated rings. The first-order chi connectivity index (χ1) is 16.9. The van der Waals surface area contributed by atoms with Crippen molar-refractivity contribution in [1.29, 1.82) is 0 Å². The van der Waals surface area contributed by atoms with Gasteiger partial charge in [-0.15, -0.1) is 0 Å². The highest BCUT2D eigenvalue weighted by Gasteiger charge is 2.25. The standard InChI is InChI=1S/C25H24FN5O3S/c1-15-27-20-4-2-16(13-22-24(33)29-25(34)35-22)12-18(20)23(28-15)17-3-5-21(19(26)14-17)31-8-6-30(7-9-31)10-11-32/h2-5,12-14,32H,6-11H2,1H3,(H,29,33,34). The van der Waals surface area contributed by atoms with Gasteiger partial charge in [0.05, 0.1) is 28.4 Å². The quantitative estimate of drug-likeness (QED) is 0.523. The molecule has 2 amide bonds. The third-order valence-corrected chi connectivity index (χ3v) is 6.93. The summed E-state index contributed by atoms with van der Waals surface area (Å²) in [7, 11) is 0. The van der Waals surface area contributed by atoms with Crippen LogP contribution in [0.25, 0.3) is 28.2 Å². The van der Waals surface area contributed by atoms with E-state index >= 15 is 4.39 Å². The van der Waals surface area contributed by atoms with Crippen molar-refractivity contribution in [1.82, 2.24) is 20.2 Å². The molecule has 2 aliphatic rings. The molecular weight excluding hydrogens is 469 g/mol. The number of hydrogen-bond acceptors (Lipinski definition) is 8. The number of aliphatic hydroxyl groups is 1. The fourth-order valence-corrected chi connectivity index (χ4v) is 5.09. The summed E-state index contributed by atoms with van der Waals surface area (Å²) < 4.78 is 15.3. The van der Waals surface area contributed by atoms with Gasteiger partial charge in [0.25, 0.3) is 11.1 Å². The zero-order chi connectivity index (χ0) is 24.5. The van der Waals surface area contributed by atoms with Gasteiger partial charge in [-0.2, -0.15) is 0 Å². The van der Waals surface area contributed by atoms with E-state index in [0.717, 1.165) is 35.8 Å². The van der Waals surface area contributed by atoms with Crippen LogP contribution in [0.4, 0.5) is 14.9 Å². The van der Waals surface area contributed by atoms with Gasteiger partial charge >= 0.3 is 0 Å². The zero-order valence-electron chi connectivity index (χ0n) is 19.1. The molecule has 3 heterocycles. The minimum atomic E-state index is -0.421. The highest BCUT2D eigenvalue weighted by molar-refractivity contribution is 8.18. The minimum Gasteiger partial charge on any atom is -0.395 e. The van der Waals surface area contributed by atoms with Gasteiger partial charge in [0.15, 0.2) is 0 Å². The lowest BCUT2D eigenvalue weighted by molar-refractivity contribution is -0.115. The zero-order valence-corrected chi connectivity index (χ0v) is 19.9. The first-order valence-electron chi connectivity index (χ1n) is 11.3. The molecule has 2 aliphatic heterocycles. The van der Waals surface area contributed by atoms with Crippen LogP contribution in [-0.4, -0.2) is 70.5 Å². The maximum atomic E-state index is 15.3. The number of nitrogens with one attached hydrogen (secondary N) is 1. The molecule has 0 unspecified atom stereocenters. The van der Waals surface area contributed by atoms with Gasteiger partial charge in [0, 0.05) is 43.7 Å². The van der Waals surface area contributed by atoms with Crippen molar-refractivity contribution in [3.63, 3.8) is 0 Å². The van der Waals surface area contributed by atoms with Gasteiger partial charge in [-0.25, -0.2) is 14.4 Å². The van der Waals surface area contributed by atoms with Crippen molar-refractivity contribution in [3.8, 4) is 11.3 Å². The molecule has 5 rings (SSSR count). The number of amides is 2. The molecule has 0 bridgehead atoms. The van der Waals surface area contributed by atoms with Crippen LogP contribution in [0.3, 0.4) is 0 Å². The summed E-state index contributed by atoms with van der Waals surface area (Å²) in [5.41, 5.74) is 3.21. The number of rotatable bonds is 5. The molecule has 35 heavy (non-hydrogen) atoms. The maximum Gasteiger partial charge on any atom is 0.290 e. The predicted molar refractivity (Wildman–Crippen MR) is 135 cm³/mol. The molecular formula is C25H24FN5O3S. The number of aromatic nitrogens is 2. The number of carbonyl (C=O) groups is 2. The number of nitrogens with zero attached hydrogens (tertiary/aromatic N) is 4. The van der Waals surface area contributed by atoms with Crippen molar-refractivity contribution in [2.24, 2.45) is 0 Å². The molecule has 0 saturated carbocycles. The van der Waals surface area contributed by atoms with Gasteiger partial charge in [-0.3, -0.25) is 19.8 Å². The lowest BCUT2D eigenvalue weighted by atomic mass is 10.0. The Morgan fingerprint density at radius 3 is 2.60 bits per heavy atom. The number of β-amino-alcohol motifs (C(OH)–C–C–N with tert-alkyl or cyclic N) is 1. The predicted octanol–water partition coefficient (Wildman–Crippen LogP) is 3.18. The van der Waals surface area contributed by atoms with Crippen LogP contribution in [0.5, 0.6) is 0 Å². The van der Waals surface area contributed by atoms with E-state index in [-0.39, 0.29) is 12.4 Å². The highest BCUT2D eigenvalue weighted by Crippen LogP contribution is 2.32. The van der Waals surface area contributed by atoms with E-state index in [2.05, 4.69) is 20.2 Å². The molecule has 180 valence electrons. The molecule has 2 saturated heterocycles. The molecule has 10 heteroatoms. The topological polar surface area (TPSA) is 98.7 Å². The van der Waals surface area contributed by atoms with Gasteiger partial charge in [0.2, 0.25) is 0 Å². The lowest BCUT2D eigenvalue weighted by Crippen LogP contribution is -2.47. The maximum absolute atomic E-state index is 15.3. The number of aryl methyl sites for hydroxylation is 1. The van der Waals surface area contributed by atoms with E-state index in [1.165, 1.54) is 6.07 Å². The SMILES string of the molecule is Cc1nc(-c2ccc(N3CCN(CCO)CC3)c(F)c2)c2cc(C=C3SC(=O)NC3=O)ccc2n1. The number of benzene rings is 2. The highest BCUT2D eigenvalue weighted by atomic mass is 32.2. The Balaban J connectivity index is 1.48. The van der Waals surface area contributed by atoms with Gasteiger partial charge in [-0.05, 0) is 54.6 Å².